The summed E-state index contributed by atoms with van der Waals surface area (Å²) >= 11 is 0. The Labute approximate surface area is 498 Å². The van der Waals surface area contributed by atoms with Crippen LogP contribution in [0.2, 0.25) is 0 Å². The summed E-state index contributed by atoms with van der Waals surface area (Å²) in [6.45, 7) is 0. The molecular formula is C69H49N5Si2. The summed E-state index contributed by atoms with van der Waals surface area (Å²) in [7, 11) is -13.0. The van der Waals surface area contributed by atoms with E-state index in [1.807, 2.05) is 0 Å². The molecule has 0 aliphatic carbocycles. The van der Waals surface area contributed by atoms with Gasteiger partial charge in [0.2, 0.25) is 11.9 Å². The zero-order chi connectivity index (χ0) is 84.4. The predicted octanol–water partition coefficient (Wildman–Crippen LogP) is 10.5. The Morgan fingerprint density at radius 3 is 0.882 bits per heavy atom. The number of para-hydroxylation sites is 4. The zero-order valence-corrected chi connectivity index (χ0v) is 40.5. The Balaban J connectivity index is 1.41. The van der Waals surface area contributed by atoms with Crippen LogP contribution in [-0.4, -0.2) is 40.2 Å². The van der Waals surface area contributed by atoms with Crippen LogP contribution in [0.25, 0.3) is 66.9 Å². The third-order valence-corrected chi connectivity index (χ3v) is 21.1. The van der Waals surface area contributed by atoms with E-state index in [-0.39, 0.29) is 0 Å². The summed E-state index contributed by atoms with van der Waals surface area (Å²) in [4.78, 5) is 14.5. The lowest BCUT2D eigenvalue weighted by molar-refractivity contribution is 0.893. The Kier molecular flexibility index (Phi) is 5.01. The quantitative estimate of drug-likeness (QED) is 0.0958. The molecule has 0 aliphatic heterocycles. The number of aromatic nitrogens is 5. The molecule has 0 saturated carbocycles. The van der Waals surface area contributed by atoms with Gasteiger partial charge in [-0.15, -0.1) is 0 Å². The van der Waals surface area contributed by atoms with Crippen molar-refractivity contribution in [3.05, 3.63) is 296 Å². The van der Waals surface area contributed by atoms with Gasteiger partial charge in [-0.2, -0.15) is 15.0 Å². The van der Waals surface area contributed by atoms with Crippen molar-refractivity contribution in [2.24, 2.45) is 0 Å². The minimum Gasteiger partial charge on any atom is -0.278 e. The molecule has 5 nitrogen and oxygen atoms in total. The normalized spacial score (nSPS) is 19.1. The van der Waals surface area contributed by atoms with E-state index in [0.29, 0.717) is 9.13 Å². The molecule has 0 bridgehead atoms. The van der Waals surface area contributed by atoms with Crippen molar-refractivity contribution < 1.29 is 53.5 Å². The van der Waals surface area contributed by atoms with Crippen molar-refractivity contribution >= 4 is 101 Å². The maximum Gasteiger partial charge on any atom is 0.240 e. The van der Waals surface area contributed by atoms with Crippen molar-refractivity contribution in [1.29, 1.82) is 0 Å². The second-order valence-electron chi connectivity index (χ2n) is 16.6. The molecular weight excluding hydrogens is 955 g/mol. The molecule has 0 atom stereocenters. The molecule has 76 heavy (non-hydrogen) atoms. The van der Waals surface area contributed by atoms with E-state index in [1.54, 1.807) is 0 Å². The number of hydrogen-bond acceptors (Lipinski definition) is 3. The molecule has 0 N–H and O–H groups in total. The molecule has 0 fully saturated rings. The van der Waals surface area contributed by atoms with Crippen LogP contribution in [0.5, 0.6) is 0 Å². The highest BCUT2D eigenvalue weighted by Gasteiger charge is 2.46. The van der Waals surface area contributed by atoms with Crippen molar-refractivity contribution in [2.75, 3.05) is 0 Å². The molecule has 14 rings (SSSR count). The molecule has 3 aromatic heterocycles. The fraction of sp³-hybridized carbons (Fsp3) is 0. The van der Waals surface area contributed by atoms with Crippen molar-refractivity contribution in [3.8, 4) is 23.3 Å². The molecule has 3 heterocycles. The van der Waals surface area contributed by atoms with Gasteiger partial charge in [-0.1, -0.05) is 272 Å². The summed E-state index contributed by atoms with van der Waals surface area (Å²) in [5.41, 5.74) is -4.62. The van der Waals surface area contributed by atoms with Crippen LogP contribution >= 0.6 is 0 Å². The highest BCUT2D eigenvalue weighted by atomic mass is 28.3. The second kappa shape index (κ2) is 18.7. The molecule has 0 aliphatic rings. The largest absolute Gasteiger partial charge is 0.278 e. The first-order chi connectivity index (χ1) is 53.9. The maximum atomic E-state index is 11.6. The van der Waals surface area contributed by atoms with Crippen molar-refractivity contribution in [2.45, 2.75) is 0 Å². The Morgan fingerprint density at radius 1 is 0.276 bits per heavy atom. The number of benzene rings is 11. The average Bonchev–Trinajstić information content (AvgIpc) is 1.45. The molecule has 0 amide bonds. The Bertz CT molecular complexity index is 5990. The molecule has 7 heteroatoms. The van der Waals surface area contributed by atoms with Crippen LogP contribution in [0.4, 0.5) is 0 Å². The standard InChI is InChI=1S/C69H49N5Si2/c1-7-27-51(28-8-1)75(52-29-9-2-10-30-52,53-31-11-3-12-32-53)57-47-50(48-58(49-57)76(54-33-13-4-14-34-54,55-35-15-5-16-36-55)56-37-17-6-18-38-56)67-70-68(73-63-43-23-19-39-59(63)60-40-20-24-44-64(60)73)72-69(71-67)74-65-45-25-21-41-61(65)62-42-22-26-46-66(62)74/h1-49H/i1D,2D,4D,5D,7D,8D,9D,10D,13D,14D,15D,16D,19D,20D,21D,22D,23D,24D,25D,26D,27D,28D,29D,30D,33D,34D,35D,36D,39D,40D,41D,42D,43D,44D,45D,46D,47D,48D,49D. The van der Waals surface area contributed by atoms with Gasteiger partial charge in [0.05, 0.1) is 75.5 Å². The fourth-order valence-electron chi connectivity index (χ4n) is 9.61. The smallest absolute Gasteiger partial charge is 0.240 e. The molecule has 11 aromatic carbocycles. The lowest BCUT2D eigenvalue weighted by Gasteiger charge is -2.38. The van der Waals surface area contributed by atoms with Crippen LogP contribution in [0.3, 0.4) is 0 Å². The monoisotopic (exact) mass is 1040 g/mol. The van der Waals surface area contributed by atoms with E-state index in [4.69, 9.17) is 31.4 Å². The Hall–Kier alpha value is -9.54. The third-order valence-electron chi connectivity index (χ3n) is 12.7. The maximum absolute atomic E-state index is 11.6. The van der Waals surface area contributed by atoms with Crippen LogP contribution < -0.4 is 41.5 Å². The van der Waals surface area contributed by atoms with Gasteiger partial charge in [-0.05, 0) is 65.7 Å². The minimum absolute atomic E-state index is 0.472. The van der Waals surface area contributed by atoms with Gasteiger partial charge in [-0.3, -0.25) is 9.13 Å². The van der Waals surface area contributed by atoms with Crippen LogP contribution in [0.15, 0.2) is 296 Å². The first-order valence-corrected chi connectivity index (χ1v) is 26.8. The average molecular weight is 1040 g/mol. The van der Waals surface area contributed by atoms with Crippen molar-refractivity contribution in [1.82, 2.24) is 24.1 Å². The molecule has 0 saturated heterocycles. The van der Waals surface area contributed by atoms with E-state index in [1.165, 1.54) is 36.4 Å². The number of nitrogens with zero attached hydrogens (tertiary/aromatic N) is 5. The molecule has 358 valence electrons. The molecule has 0 radical (unpaired) electrons. The van der Waals surface area contributed by atoms with E-state index < -0.39 is 360 Å². The first-order valence-electron chi connectivity index (χ1n) is 42.3. The van der Waals surface area contributed by atoms with Gasteiger partial charge in [0, 0.05) is 27.1 Å². The summed E-state index contributed by atoms with van der Waals surface area (Å²) in [6, 6.07) is -32.7. The number of fused-ring (bicyclic) bond motifs is 6. The predicted molar refractivity (Wildman–Crippen MR) is 321 cm³/mol. The van der Waals surface area contributed by atoms with Gasteiger partial charge >= 0.3 is 0 Å². The van der Waals surface area contributed by atoms with Gasteiger partial charge in [0.1, 0.15) is 0 Å². The van der Waals surface area contributed by atoms with Crippen LogP contribution in [-0.2, 0) is 0 Å². The van der Waals surface area contributed by atoms with Crippen LogP contribution in [0.1, 0.15) is 53.5 Å². The van der Waals surface area contributed by atoms with Crippen LogP contribution in [0, 0.1) is 0 Å². The number of hydrogen-bond donors (Lipinski definition) is 0. The van der Waals surface area contributed by atoms with Gasteiger partial charge in [0.25, 0.3) is 0 Å². The highest BCUT2D eigenvalue weighted by Crippen LogP contribution is 2.34. The van der Waals surface area contributed by atoms with Gasteiger partial charge in [0.15, 0.2) is 22.0 Å². The lowest BCUT2D eigenvalue weighted by atomic mass is 10.2. The number of rotatable bonds is 11. The van der Waals surface area contributed by atoms with Gasteiger partial charge < -0.3 is 0 Å². The van der Waals surface area contributed by atoms with E-state index in [2.05, 4.69) is 0 Å². The SMILES string of the molecule is [2H]c1c([2H])c([2H])c([Si](c2ccccc2)(c2c([2H])c([2H])c([2H])c([2H])c2[2H])c2c([2H])c(-c3nc(-n4c5c([2H])c([2H])c([2H])c([2H])c5c5c([2H])c([2H])c([2H])c([2H])c54)nc(-n4c5c([2H])c([2H])c([2H])c([2H])c5c5c([2H])c([2H])c([2H])c([2H])c54)n3)c([2H])c([Si](c3ccccc3)(c3c([2H])c([2H])c([2H])c([2H])c3[2H])c3c([2H])c([2H])c([2H])c([2H])c3[2H])c2[2H])c([2H])c1[2H]. The Morgan fingerprint density at radius 2 is 0.566 bits per heavy atom. The zero-order valence-electron chi connectivity index (χ0n) is 77.5. The van der Waals surface area contributed by atoms with Gasteiger partial charge in [-0.25, -0.2) is 0 Å². The first kappa shape index (κ1) is 20.3. The van der Waals surface area contributed by atoms with E-state index in [9.17, 15) is 37.0 Å². The minimum atomic E-state index is -6.48. The summed E-state index contributed by atoms with van der Waals surface area (Å²) in [6.07, 6.45) is 0. The topological polar surface area (TPSA) is 48.5 Å². The van der Waals surface area contributed by atoms with Crippen molar-refractivity contribution in [3.63, 3.8) is 0 Å². The van der Waals surface area contributed by atoms with E-state index >= 15 is 0 Å². The summed E-state index contributed by atoms with van der Waals surface area (Å²) < 4.78 is 378. The summed E-state index contributed by atoms with van der Waals surface area (Å²) in [5, 5.41) is -10.4. The lowest BCUT2D eigenvalue weighted by Crippen LogP contribution is -2.78. The molecule has 14 aromatic rings. The molecule has 0 unspecified atom stereocenters. The van der Waals surface area contributed by atoms with E-state index in [0.717, 1.165) is 24.3 Å². The summed E-state index contributed by atoms with van der Waals surface area (Å²) in [5.74, 6) is -3.74. The highest BCUT2D eigenvalue weighted by molar-refractivity contribution is 7.22. The third kappa shape index (κ3) is 7.16. The fourth-order valence-corrected chi connectivity index (χ4v) is 17.6. The second-order valence-corrected chi connectivity index (χ2v) is 23.7. The molecule has 0 spiro atoms.